The molecule has 9 nitrogen and oxygen atoms in total. The molecule has 0 radical (unpaired) electrons. The Kier molecular flexibility index (Phi) is 7.12. The van der Waals surface area contributed by atoms with Crippen LogP contribution in [-0.4, -0.2) is 35.9 Å². The number of rotatable bonds is 9. The maximum Gasteiger partial charge on any atom is 0.220 e. The second-order valence-electron chi connectivity index (χ2n) is 3.90. The van der Waals surface area contributed by atoms with Crippen molar-refractivity contribution in [3.63, 3.8) is 0 Å². The molecular formula is C10H14N2O7-2. The van der Waals surface area contributed by atoms with Gasteiger partial charge in [0.25, 0.3) is 0 Å². The number of carboxylic acids is 3. The molecule has 0 heterocycles. The summed E-state index contributed by atoms with van der Waals surface area (Å²) < 4.78 is 0. The number of carbonyl (C=O) groups is 4. The summed E-state index contributed by atoms with van der Waals surface area (Å²) in [6.07, 6.45) is -1.30. The summed E-state index contributed by atoms with van der Waals surface area (Å²) in [5, 5.41) is 33.2. The van der Waals surface area contributed by atoms with Crippen LogP contribution in [0.15, 0.2) is 0 Å². The minimum atomic E-state index is -1.62. The zero-order valence-corrected chi connectivity index (χ0v) is 10.0. The van der Waals surface area contributed by atoms with Crippen molar-refractivity contribution < 1.29 is 40.2 Å². The highest BCUT2D eigenvalue weighted by atomic mass is 16.4. The van der Waals surface area contributed by atoms with Gasteiger partial charge in [0.15, 0.2) is 0 Å². The third-order valence-corrected chi connectivity index (χ3v) is 2.31. The molecule has 0 spiro atoms. The Balaban J connectivity index is 4.20. The molecule has 0 saturated heterocycles. The van der Waals surface area contributed by atoms with Crippen molar-refractivity contribution in [2.24, 2.45) is 0 Å². The topological polar surface area (TPSA) is 177 Å². The van der Waals surface area contributed by atoms with Crippen molar-refractivity contribution in [2.45, 2.75) is 37.8 Å². The Labute approximate surface area is 108 Å². The molecule has 0 aromatic rings. The number of hydrogen-bond donors (Lipinski definition) is 2. The van der Waals surface area contributed by atoms with E-state index in [1.807, 2.05) is 5.32 Å². The molecule has 0 unspecified atom stereocenters. The smallest absolute Gasteiger partial charge is 0.220 e. The molecule has 0 saturated carbocycles. The maximum absolute atomic E-state index is 11.3. The molecule has 0 aliphatic carbocycles. The van der Waals surface area contributed by atoms with Gasteiger partial charge in [0.05, 0.1) is 18.0 Å². The predicted molar refractivity (Wildman–Crippen MR) is 52.1 cm³/mol. The molecule has 2 atom stereocenters. The van der Waals surface area contributed by atoms with Gasteiger partial charge < -0.3 is 40.8 Å². The summed E-state index contributed by atoms with van der Waals surface area (Å²) in [4.78, 5) is 42.5. The minimum absolute atomic E-state index is 0.117. The molecule has 0 rings (SSSR count). The third-order valence-electron chi connectivity index (χ3n) is 2.31. The number of carboxylic acid groups (broad SMARTS) is 3. The average molecular weight is 274 g/mol. The first-order valence-electron chi connectivity index (χ1n) is 5.48. The Bertz CT molecular complexity index is 369. The van der Waals surface area contributed by atoms with Crippen LogP contribution in [0.4, 0.5) is 0 Å². The first kappa shape index (κ1) is 16.8. The van der Waals surface area contributed by atoms with E-state index in [9.17, 15) is 34.5 Å². The zero-order chi connectivity index (χ0) is 15.0. The van der Waals surface area contributed by atoms with Gasteiger partial charge in [-0.2, -0.15) is 0 Å². The van der Waals surface area contributed by atoms with Crippen LogP contribution in [0.1, 0.15) is 25.7 Å². The molecule has 0 aliphatic heterocycles. The molecule has 9 heteroatoms. The van der Waals surface area contributed by atoms with E-state index in [1.54, 1.807) is 0 Å². The van der Waals surface area contributed by atoms with Crippen LogP contribution in [0.25, 0.3) is 0 Å². The molecule has 0 aromatic heterocycles. The van der Waals surface area contributed by atoms with Crippen molar-refractivity contribution in [1.82, 2.24) is 5.32 Å². The van der Waals surface area contributed by atoms with E-state index < -0.39 is 42.3 Å². The van der Waals surface area contributed by atoms with Crippen LogP contribution < -0.4 is 26.4 Å². The summed E-state index contributed by atoms with van der Waals surface area (Å²) in [6.45, 7) is 0. The maximum atomic E-state index is 11.3. The normalized spacial score (nSPS) is 13.3. The SMILES string of the molecule is [NH3+][C@@H](CCC(=O)N[C@@H](CCC(=O)[O-])C(=O)[O-])C(=O)[O-]. The molecule has 0 aliphatic rings. The van der Waals surface area contributed by atoms with Crippen molar-refractivity contribution in [3.8, 4) is 0 Å². The Hall–Kier alpha value is -2.16. The second kappa shape index (κ2) is 8.03. The molecule has 0 bridgehead atoms. The van der Waals surface area contributed by atoms with Crippen LogP contribution in [0, 0.1) is 0 Å². The van der Waals surface area contributed by atoms with Crippen LogP contribution in [0.5, 0.6) is 0 Å². The Morgan fingerprint density at radius 2 is 1.53 bits per heavy atom. The van der Waals surface area contributed by atoms with Crippen molar-refractivity contribution in [2.75, 3.05) is 0 Å². The molecule has 0 fully saturated rings. The first-order chi connectivity index (χ1) is 8.73. The molecule has 19 heavy (non-hydrogen) atoms. The lowest BCUT2D eigenvalue weighted by Gasteiger charge is -2.20. The first-order valence-corrected chi connectivity index (χ1v) is 5.48. The lowest BCUT2D eigenvalue weighted by atomic mass is 10.1. The Morgan fingerprint density at radius 1 is 0.947 bits per heavy atom. The summed E-state index contributed by atoms with van der Waals surface area (Å²) in [5.41, 5.74) is 3.23. The summed E-state index contributed by atoms with van der Waals surface area (Å²) >= 11 is 0. The highest BCUT2D eigenvalue weighted by Gasteiger charge is 2.15. The zero-order valence-electron chi connectivity index (χ0n) is 10.0. The van der Waals surface area contributed by atoms with Gasteiger partial charge in [-0.05, 0) is 12.8 Å². The molecule has 4 N–H and O–H groups in total. The van der Waals surface area contributed by atoms with Crippen LogP contribution >= 0.6 is 0 Å². The van der Waals surface area contributed by atoms with Gasteiger partial charge in [-0.1, -0.05) is 0 Å². The fraction of sp³-hybridized carbons (Fsp3) is 0.600. The van der Waals surface area contributed by atoms with E-state index in [0.29, 0.717) is 0 Å². The van der Waals surface area contributed by atoms with Gasteiger partial charge in [0.1, 0.15) is 6.04 Å². The second-order valence-corrected chi connectivity index (χ2v) is 3.90. The van der Waals surface area contributed by atoms with E-state index in [2.05, 4.69) is 5.73 Å². The van der Waals surface area contributed by atoms with E-state index >= 15 is 0 Å². The third kappa shape index (κ3) is 7.71. The van der Waals surface area contributed by atoms with E-state index in [4.69, 9.17) is 0 Å². The lowest BCUT2D eigenvalue weighted by molar-refractivity contribution is -0.438. The highest BCUT2D eigenvalue weighted by molar-refractivity contribution is 5.83. The molecule has 1 amide bonds. The number of amides is 1. The van der Waals surface area contributed by atoms with Crippen molar-refractivity contribution >= 4 is 23.8 Å². The minimum Gasteiger partial charge on any atom is -0.550 e. The van der Waals surface area contributed by atoms with E-state index in [-0.39, 0.29) is 19.3 Å². The van der Waals surface area contributed by atoms with Gasteiger partial charge in [-0.15, -0.1) is 0 Å². The highest BCUT2D eigenvalue weighted by Crippen LogP contribution is 1.99. The summed E-state index contributed by atoms with van der Waals surface area (Å²) in [6, 6.07) is -2.55. The number of quaternary nitrogens is 1. The Morgan fingerprint density at radius 3 is 1.95 bits per heavy atom. The molecular weight excluding hydrogens is 260 g/mol. The van der Waals surface area contributed by atoms with Crippen LogP contribution in [0.2, 0.25) is 0 Å². The average Bonchev–Trinajstić information content (AvgIpc) is 2.30. The number of hydrogen-bond acceptors (Lipinski definition) is 7. The largest absolute Gasteiger partial charge is 0.550 e. The molecule has 0 aromatic carbocycles. The summed E-state index contributed by atoms with van der Waals surface area (Å²) in [5.74, 6) is -5.22. The number of aliphatic carboxylic acids is 3. The van der Waals surface area contributed by atoms with Crippen molar-refractivity contribution in [3.05, 3.63) is 0 Å². The lowest BCUT2D eigenvalue weighted by Crippen LogP contribution is -2.68. The van der Waals surface area contributed by atoms with Crippen LogP contribution in [0.3, 0.4) is 0 Å². The van der Waals surface area contributed by atoms with Crippen LogP contribution in [-0.2, 0) is 19.2 Å². The van der Waals surface area contributed by atoms with E-state index in [1.165, 1.54) is 0 Å². The van der Waals surface area contributed by atoms with Gasteiger partial charge in [0, 0.05) is 18.8 Å². The van der Waals surface area contributed by atoms with Gasteiger partial charge >= 0.3 is 0 Å². The number of carbonyl (C=O) groups excluding carboxylic acids is 4. The summed E-state index contributed by atoms with van der Waals surface area (Å²) in [7, 11) is 0. The van der Waals surface area contributed by atoms with Crippen molar-refractivity contribution in [1.29, 1.82) is 0 Å². The number of nitrogens with one attached hydrogen (secondary N) is 1. The van der Waals surface area contributed by atoms with Gasteiger partial charge in [-0.25, -0.2) is 0 Å². The van der Waals surface area contributed by atoms with Gasteiger partial charge in [-0.3, -0.25) is 4.79 Å². The monoisotopic (exact) mass is 274 g/mol. The predicted octanol–water partition coefficient (Wildman–Crippen LogP) is -6.11. The standard InChI is InChI=1S/C10H16N2O7/c11-5(9(16)17)1-3-7(13)12-6(10(18)19)2-4-8(14)15/h5-6H,1-4,11H2,(H,12,13)(H,14,15)(H,16,17)(H,18,19)/p-2/t5-,6-/m0/s1. The van der Waals surface area contributed by atoms with Gasteiger partial charge in [0.2, 0.25) is 5.91 Å². The molecule has 108 valence electrons. The fourth-order valence-electron chi connectivity index (χ4n) is 1.20. The van der Waals surface area contributed by atoms with E-state index in [0.717, 1.165) is 0 Å². The fourth-order valence-corrected chi connectivity index (χ4v) is 1.20. The quantitative estimate of drug-likeness (QED) is 0.420.